The first-order valence-electron chi connectivity index (χ1n) is 7.01. The molecule has 0 spiro atoms. The normalized spacial score (nSPS) is 10.5. The lowest BCUT2D eigenvalue weighted by Gasteiger charge is -2.08. The maximum Gasteiger partial charge on any atom is 0.270 e. The Kier molecular flexibility index (Phi) is 3.80. The summed E-state index contributed by atoms with van der Waals surface area (Å²) in [6.45, 7) is 0. The maximum atomic E-state index is 11.3. The van der Waals surface area contributed by atoms with Crippen molar-refractivity contribution in [2.75, 3.05) is 7.11 Å². The summed E-state index contributed by atoms with van der Waals surface area (Å²) in [7, 11) is 3.41. The van der Waals surface area contributed by atoms with Crippen molar-refractivity contribution in [3.8, 4) is 28.1 Å². The molecule has 6 heteroatoms. The van der Waals surface area contributed by atoms with Gasteiger partial charge in [-0.3, -0.25) is 14.8 Å². The lowest BCUT2D eigenvalue weighted by molar-refractivity contribution is -0.384. The van der Waals surface area contributed by atoms with Gasteiger partial charge in [0.25, 0.3) is 5.69 Å². The molecule has 0 N–H and O–H groups in total. The van der Waals surface area contributed by atoms with Gasteiger partial charge in [-0.1, -0.05) is 12.1 Å². The van der Waals surface area contributed by atoms with E-state index >= 15 is 0 Å². The SMILES string of the molecule is COc1ccc(-c2cc(-c3ccnn3C)cc([N+](=O)[O-])c2)cc1. The van der Waals surface area contributed by atoms with Crippen LogP contribution in [0.3, 0.4) is 0 Å². The molecule has 0 amide bonds. The van der Waals surface area contributed by atoms with Gasteiger partial charge in [-0.05, 0) is 35.4 Å². The van der Waals surface area contributed by atoms with Crippen LogP contribution in [0.5, 0.6) is 5.75 Å². The van der Waals surface area contributed by atoms with Crippen molar-refractivity contribution in [2.24, 2.45) is 7.05 Å². The Hall–Kier alpha value is -3.15. The zero-order valence-electron chi connectivity index (χ0n) is 12.8. The molecule has 0 saturated heterocycles. The van der Waals surface area contributed by atoms with E-state index in [2.05, 4.69) is 5.10 Å². The molecular weight excluding hydrogens is 294 g/mol. The summed E-state index contributed by atoms with van der Waals surface area (Å²) in [5.74, 6) is 0.742. The minimum atomic E-state index is -0.382. The van der Waals surface area contributed by atoms with Crippen LogP contribution in [0.4, 0.5) is 5.69 Å². The van der Waals surface area contributed by atoms with E-state index in [1.54, 1.807) is 37.2 Å². The number of aryl methyl sites for hydroxylation is 1. The molecule has 0 radical (unpaired) electrons. The topological polar surface area (TPSA) is 70.2 Å². The fourth-order valence-corrected chi connectivity index (χ4v) is 2.47. The molecule has 3 aromatic rings. The van der Waals surface area contributed by atoms with E-state index in [1.807, 2.05) is 36.4 Å². The van der Waals surface area contributed by atoms with Gasteiger partial charge >= 0.3 is 0 Å². The van der Waals surface area contributed by atoms with E-state index in [1.165, 1.54) is 0 Å². The number of aromatic nitrogens is 2. The average molecular weight is 309 g/mol. The van der Waals surface area contributed by atoms with Crippen LogP contribution in [0.2, 0.25) is 0 Å². The fourth-order valence-electron chi connectivity index (χ4n) is 2.47. The molecule has 2 aromatic carbocycles. The first-order valence-corrected chi connectivity index (χ1v) is 7.01. The summed E-state index contributed by atoms with van der Waals surface area (Å²) < 4.78 is 6.84. The Bertz CT molecular complexity index is 854. The Labute approximate surface area is 133 Å². The summed E-state index contributed by atoms with van der Waals surface area (Å²) in [5, 5.41) is 15.4. The van der Waals surface area contributed by atoms with Crippen molar-refractivity contribution in [1.29, 1.82) is 0 Å². The predicted molar refractivity (Wildman–Crippen MR) is 87.3 cm³/mol. The third-order valence-electron chi connectivity index (χ3n) is 3.67. The van der Waals surface area contributed by atoms with Crippen molar-refractivity contribution in [2.45, 2.75) is 0 Å². The molecule has 0 aliphatic rings. The summed E-state index contributed by atoms with van der Waals surface area (Å²) in [6, 6.07) is 14.3. The molecule has 3 rings (SSSR count). The fraction of sp³-hybridized carbons (Fsp3) is 0.118. The lowest BCUT2D eigenvalue weighted by atomic mass is 10.0. The number of nitrogens with zero attached hydrogens (tertiary/aromatic N) is 3. The van der Waals surface area contributed by atoms with Crippen molar-refractivity contribution >= 4 is 5.69 Å². The van der Waals surface area contributed by atoms with Gasteiger partial charge in [0.05, 0.1) is 17.7 Å². The van der Waals surface area contributed by atoms with Crippen molar-refractivity contribution in [3.05, 3.63) is 64.8 Å². The number of nitro benzene ring substituents is 1. The van der Waals surface area contributed by atoms with Gasteiger partial charge in [-0.15, -0.1) is 0 Å². The van der Waals surface area contributed by atoms with E-state index in [0.717, 1.165) is 28.1 Å². The number of ether oxygens (including phenoxy) is 1. The second-order valence-corrected chi connectivity index (χ2v) is 5.09. The minimum absolute atomic E-state index is 0.0505. The third kappa shape index (κ3) is 2.91. The summed E-state index contributed by atoms with van der Waals surface area (Å²) >= 11 is 0. The molecule has 116 valence electrons. The number of methoxy groups -OCH3 is 1. The highest BCUT2D eigenvalue weighted by molar-refractivity contribution is 5.75. The van der Waals surface area contributed by atoms with Gasteiger partial charge in [0.2, 0.25) is 0 Å². The van der Waals surface area contributed by atoms with Crippen LogP contribution in [0.15, 0.2) is 54.7 Å². The predicted octanol–water partition coefficient (Wildman–Crippen LogP) is 3.67. The zero-order valence-corrected chi connectivity index (χ0v) is 12.8. The van der Waals surface area contributed by atoms with Crippen LogP contribution < -0.4 is 4.74 Å². The summed E-state index contributed by atoms with van der Waals surface area (Å²) in [4.78, 5) is 10.9. The van der Waals surface area contributed by atoms with Crippen LogP contribution in [0.25, 0.3) is 22.4 Å². The number of rotatable bonds is 4. The second kappa shape index (κ2) is 5.92. The van der Waals surface area contributed by atoms with Crippen LogP contribution in [0, 0.1) is 10.1 Å². The smallest absolute Gasteiger partial charge is 0.270 e. The van der Waals surface area contributed by atoms with Gasteiger partial charge in [-0.2, -0.15) is 5.10 Å². The first-order chi connectivity index (χ1) is 11.1. The molecule has 6 nitrogen and oxygen atoms in total. The second-order valence-electron chi connectivity index (χ2n) is 5.09. The number of benzene rings is 2. The Balaban J connectivity index is 2.14. The number of hydrogen-bond donors (Lipinski definition) is 0. The monoisotopic (exact) mass is 309 g/mol. The number of nitro groups is 1. The maximum absolute atomic E-state index is 11.3. The van der Waals surface area contributed by atoms with Gasteiger partial charge in [0, 0.05) is 30.9 Å². The third-order valence-corrected chi connectivity index (χ3v) is 3.67. The number of non-ortho nitro benzene ring substituents is 1. The van der Waals surface area contributed by atoms with E-state index in [-0.39, 0.29) is 10.6 Å². The molecular formula is C17H15N3O3. The molecule has 1 aromatic heterocycles. The van der Waals surface area contributed by atoms with Crippen molar-refractivity contribution in [3.63, 3.8) is 0 Å². The molecule has 0 unspecified atom stereocenters. The van der Waals surface area contributed by atoms with E-state index in [4.69, 9.17) is 4.74 Å². The Morgan fingerprint density at radius 2 is 1.74 bits per heavy atom. The minimum Gasteiger partial charge on any atom is -0.497 e. The van der Waals surface area contributed by atoms with Gasteiger partial charge in [-0.25, -0.2) is 0 Å². The van der Waals surface area contributed by atoms with Crippen LogP contribution in [-0.4, -0.2) is 21.8 Å². The molecule has 23 heavy (non-hydrogen) atoms. The van der Waals surface area contributed by atoms with Crippen LogP contribution in [0.1, 0.15) is 0 Å². The van der Waals surface area contributed by atoms with Crippen LogP contribution in [-0.2, 0) is 7.05 Å². The number of hydrogen-bond acceptors (Lipinski definition) is 4. The molecule has 0 fully saturated rings. The molecule has 0 aliphatic heterocycles. The molecule has 0 aliphatic carbocycles. The molecule has 1 heterocycles. The van der Waals surface area contributed by atoms with Crippen molar-refractivity contribution in [1.82, 2.24) is 9.78 Å². The highest BCUT2D eigenvalue weighted by Crippen LogP contribution is 2.31. The van der Waals surface area contributed by atoms with E-state index in [9.17, 15) is 10.1 Å². The van der Waals surface area contributed by atoms with Gasteiger partial charge < -0.3 is 4.74 Å². The molecule has 0 bridgehead atoms. The van der Waals surface area contributed by atoms with Crippen molar-refractivity contribution < 1.29 is 9.66 Å². The summed E-state index contributed by atoms with van der Waals surface area (Å²) in [6.07, 6.45) is 1.67. The van der Waals surface area contributed by atoms with Gasteiger partial charge in [0.1, 0.15) is 5.75 Å². The summed E-state index contributed by atoms with van der Waals surface area (Å²) in [5.41, 5.74) is 3.29. The van der Waals surface area contributed by atoms with E-state index < -0.39 is 0 Å². The highest BCUT2D eigenvalue weighted by atomic mass is 16.6. The van der Waals surface area contributed by atoms with Gasteiger partial charge in [0.15, 0.2) is 0 Å². The standard InChI is InChI=1S/C17H15N3O3/c1-19-17(7-8-18-19)14-9-13(10-15(11-14)20(21)22)12-3-5-16(23-2)6-4-12/h3-11H,1-2H3. The lowest BCUT2D eigenvalue weighted by Crippen LogP contribution is -1.95. The first kappa shape index (κ1) is 14.8. The highest BCUT2D eigenvalue weighted by Gasteiger charge is 2.14. The molecule has 0 atom stereocenters. The van der Waals surface area contributed by atoms with E-state index in [0.29, 0.717) is 0 Å². The largest absolute Gasteiger partial charge is 0.497 e. The Morgan fingerprint density at radius 3 is 2.30 bits per heavy atom. The molecule has 0 saturated carbocycles. The Morgan fingerprint density at radius 1 is 1.04 bits per heavy atom. The van der Waals surface area contributed by atoms with Crippen LogP contribution >= 0.6 is 0 Å². The quantitative estimate of drug-likeness (QED) is 0.544. The zero-order chi connectivity index (χ0) is 16.4. The average Bonchev–Trinajstić information content (AvgIpc) is 3.00.